The van der Waals surface area contributed by atoms with Crippen molar-refractivity contribution in [3.8, 4) is 0 Å². The number of ether oxygens (including phenoxy) is 6. The third-order valence-corrected chi connectivity index (χ3v) is 18.2. The summed E-state index contributed by atoms with van der Waals surface area (Å²) in [5.41, 5.74) is 9.24. The zero-order valence-corrected chi connectivity index (χ0v) is 82.2. The second-order valence-electron chi connectivity index (χ2n) is 32.2. The molecule has 780 valence electrons. The largest absolute Gasteiger partial charge is 0.481 e. The second kappa shape index (κ2) is 80.3. The number of carbonyl (C=O) groups excluding carboxylic acids is 6. The van der Waals surface area contributed by atoms with Crippen molar-refractivity contribution in [3.63, 3.8) is 0 Å². The van der Waals surface area contributed by atoms with Gasteiger partial charge in [0.2, 0.25) is 23.6 Å². The molecule has 28 N–H and O–H groups in total. The van der Waals surface area contributed by atoms with Gasteiger partial charge in [0.25, 0.3) is 0 Å². The fourth-order valence-electron chi connectivity index (χ4n) is 10.9. The van der Waals surface area contributed by atoms with E-state index in [2.05, 4.69) is 167 Å². The number of amides is 6. The number of rotatable bonds is 42. The first-order valence-electron chi connectivity index (χ1n) is 43.9. The van der Waals surface area contributed by atoms with Gasteiger partial charge in [-0.05, 0) is 159 Å². The summed E-state index contributed by atoms with van der Waals surface area (Å²) in [7, 11) is 0. The van der Waals surface area contributed by atoms with Crippen LogP contribution < -0.4 is 43.4 Å². The molecule has 0 aromatic rings. The number of alkyl halides is 2. The predicted octanol–water partition coefficient (Wildman–Crippen LogP) is 3.49. The van der Waals surface area contributed by atoms with E-state index in [9.17, 15) is 94.5 Å². The van der Waals surface area contributed by atoms with E-state index in [1.165, 1.54) is 27.7 Å². The predicted molar refractivity (Wildman–Crippen MR) is 514 cm³/mol. The lowest BCUT2D eigenvalue weighted by atomic mass is 9.97. The Hall–Kier alpha value is -7.48. The van der Waals surface area contributed by atoms with Crippen molar-refractivity contribution in [2.75, 3.05) is 31.8 Å². The number of aliphatic hydroxyl groups is 16. The fraction of sp³-hybridized carbons (Fsp3) is 0.648. The molecular formula is C91H156Cl4N8O32. The number of carbonyl (C=O) groups is 8. The SMILES string of the molecule is CC/C=C\C/C=C\C/C=C\C/C=C\C/C=C\C/C=C\CCC(=O)N[C@@H](C)C(=O)NC1[C@H](O)OC(CO)[C@@H](O)[C@H]1O.CC/C=C\C/C=C\C/C=C\C/C=C\C/C=C\C/C=C\CCC(=O)O.C[C@H](N)C(=O)NC1[C@H](O)OC(CO)[C@@H](O)[C@H]1O.C[C@H](NC(=O)OC(C)(C)C)C(=O)NC1[C@H](O)OC(CO)[C@@H](O)[C@H]1O.C[C@H](NC(=O)OC(C)(C)C)C(=O)O.Cl.Cl.ClCCl.NC1[C@H](O)OC(CO)[C@@H](O)[C@H]1O. The molecule has 24 atom stereocenters. The van der Waals surface area contributed by atoms with E-state index in [0.29, 0.717) is 12.8 Å². The lowest BCUT2D eigenvalue weighted by Crippen LogP contribution is -2.65. The van der Waals surface area contributed by atoms with Gasteiger partial charge < -0.3 is 164 Å². The van der Waals surface area contributed by atoms with Gasteiger partial charge in [-0.15, -0.1) is 48.0 Å². The molecule has 4 fully saturated rings. The Morgan fingerprint density at radius 2 is 0.600 bits per heavy atom. The second-order valence-corrected chi connectivity index (χ2v) is 33.0. The molecule has 0 aromatic carbocycles. The van der Waals surface area contributed by atoms with Crippen LogP contribution in [-0.2, 0) is 57.2 Å². The average Bonchev–Trinajstić information content (AvgIpc) is 0.824. The number of carboxylic acid groups (broad SMARTS) is 2. The number of alkyl carbamates (subject to hydrolysis) is 2. The van der Waals surface area contributed by atoms with Crippen LogP contribution >= 0.6 is 48.0 Å². The zero-order valence-electron chi connectivity index (χ0n) is 79.1. The van der Waals surface area contributed by atoms with Gasteiger partial charge in [0, 0.05) is 12.8 Å². The Kier molecular flexibility index (Phi) is 80.9. The maximum Gasteiger partial charge on any atom is 0.408 e. The van der Waals surface area contributed by atoms with Crippen molar-refractivity contribution in [1.82, 2.24) is 31.9 Å². The smallest absolute Gasteiger partial charge is 0.408 e. The number of allylic oxidation sites excluding steroid dienone is 24. The van der Waals surface area contributed by atoms with Gasteiger partial charge in [-0.2, -0.15) is 0 Å². The number of nitrogens with one attached hydrogen (secondary N) is 6. The van der Waals surface area contributed by atoms with E-state index in [-0.39, 0.29) is 48.9 Å². The molecule has 6 amide bonds. The molecule has 44 heteroatoms. The highest BCUT2D eigenvalue weighted by Gasteiger charge is 2.48. The molecule has 0 saturated carbocycles. The number of carboxylic acids is 2. The van der Waals surface area contributed by atoms with Crippen LogP contribution in [0.1, 0.15) is 186 Å². The van der Waals surface area contributed by atoms with Crippen LogP contribution in [0.25, 0.3) is 0 Å². The first-order chi connectivity index (χ1) is 62.6. The van der Waals surface area contributed by atoms with E-state index in [1.807, 2.05) is 24.3 Å². The molecule has 0 aliphatic carbocycles. The Morgan fingerprint density at radius 3 is 0.852 bits per heavy atom. The van der Waals surface area contributed by atoms with E-state index < -0.39 is 226 Å². The molecule has 8 unspecified atom stereocenters. The van der Waals surface area contributed by atoms with Crippen molar-refractivity contribution in [3.05, 3.63) is 146 Å². The molecular weight excluding hydrogens is 1860 g/mol. The lowest BCUT2D eigenvalue weighted by Gasteiger charge is -2.40. The zero-order chi connectivity index (χ0) is 102. The molecule has 0 spiro atoms. The molecule has 0 radical (unpaired) electrons. The molecule has 4 heterocycles. The van der Waals surface area contributed by atoms with Gasteiger partial charge in [0.15, 0.2) is 25.2 Å². The van der Waals surface area contributed by atoms with Gasteiger partial charge in [-0.25, -0.2) is 9.59 Å². The third-order valence-electron chi connectivity index (χ3n) is 18.2. The fourth-order valence-corrected chi connectivity index (χ4v) is 10.9. The Morgan fingerprint density at radius 1 is 0.363 bits per heavy atom. The minimum atomic E-state index is -1.63. The Labute approximate surface area is 814 Å². The van der Waals surface area contributed by atoms with E-state index in [0.717, 1.165) is 77.0 Å². The maximum absolute atomic E-state index is 12.4. The highest BCUT2D eigenvalue weighted by atomic mass is 35.5. The van der Waals surface area contributed by atoms with Gasteiger partial charge in [-0.3, -0.25) is 28.8 Å². The quantitative estimate of drug-likeness (QED) is 0.0307. The van der Waals surface area contributed by atoms with Crippen LogP contribution in [0.2, 0.25) is 0 Å². The van der Waals surface area contributed by atoms with Gasteiger partial charge in [0.1, 0.15) is 121 Å². The van der Waals surface area contributed by atoms with Crippen molar-refractivity contribution < 1.29 is 159 Å². The summed E-state index contributed by atoms with van der Waals surface area (Å²) < 4.78 is 29.4. The third kappa shape index (κ3) is 65.9. The minimum Gasteiger partial charge on any atom is -0.481 e. The normalized spacial score (nSPS) is 26.1. The molecule has 4 aliphatic rings. The molecule has 4 saturated heterocycles. The highest BCUT2D eigenvalue weighted by molar-refractivity contribution is 6.40. The van der Waals surface area contributed by atoms with Crippen LogP contribution in [0.5, 0.6) is 0 Å². The summed E-state index contributed by atoms with van der Waals surface area (Å²) in [6.07, 6.45) is 40.7. The van der Waals surface area contributed by atoms with E-state index in [4.69, 9.17) is 98.8 Å². The summed E-state index contributed by atoms with van der Waals surface area (Å²) in [6, 6.07) is -8.55. The Bertz CT molecular complexity index is 3580. The van der Waals surface area contributed by atoms with Crippen molar-refractivity contribution in [2.45, 2.75) is 344 Å². The maximum atomic E-state index is 12.4. The van der Waals surface area contributed by atoms with Crippen LogP contribution in [0.15, 0.2) is 146 Å². The number of hydrogen-bond acceptors (Lipinski definition) is 32. The number of halogens is 4. The topological polar surface area (TPSA) is 680 Å². The summed E-state index contributed by atoms with van der Waals surface area (Å²) in [6.45, 7) is 17.8. The molecule has 135 heavy (non-hydrogen) atoms. The van der Waals surface area contributed by atoms with Crippen molar-refractivity contribution in [1.29, 1.82) is 0 Å². The summed E-state index contributed by atoms with van der Waals surface area (Å²) >= 11 is 9.53. The molecule has 0 bridgehead atoms. The number of aliphatic hydroxyl groups excluding tert-OH is 16. The van der Waals surface area contributed by atoms with E-state index >= 15 is 0 Å². The van der Waals surface area contributed by atoms with Gasteiger partial charge >= 0.3 is 24.1 Å². The van der Waals surface area contributed by atoms with E-state index in [1.54, 1.807) is 41.5 Å². The van der Waals surface area contributed by atoms with Gasteiger partial charge in [0.05, 0.1) is 43.9 Å². The first kappa shape index (κ1) is 136. The minimum absolute atomic E-state index is 0. The molecule has 0 aromatic heterocycles. The monoisotopic (exact) mass is 2010 g/mol. The molecule has 40 nitrogen and oxygen atoms in total. The van der Waals surface area contributed by atoms with Crippen LogP contribution in [-0.4, -0.2) is 329 Å². The summed E-state index contributed by atoms with van der Waals surface area (Å²) in [5, 5.41) is 182. The molecule has 4 rings (SSSR count). The Balaban J connectivity index is -0.000000520. The number of nitrogens with two attached hydrogens (primary N) is 2. The highest BCUT2D eigenvalue weighted by Crippen LogP contribution is 2.24. The number of aliphatic carboxylic acids is 2. The van der Waals surface area contributed by atoms with Crippen molar-refractivity contribution >= 4 is 95.8 Å². The average molecular weight is 2020 g/mol. The van der Waals surface area contributed by atoms with Gasteiger partial charge in [-0.1, -0.05) is 160 Å². The first-order valence-corrected chi connectivity index (χ1v) is 45.0. The molecule has 4 aliphatic heterocycles. The number of hydrogen-bond donors (Lipinski definition) is 26. The van der Waals surface area contributed by atoms with Crippen LogP contribution in [0.4, 0.5) is 9.59 Å². The van der Waals surface area contributed by atoms with Crippen LogP contribution in [0, 0.1) is 0 Å². The van der Waals surface area contributed by atoms with Crippen molar-refractivity contribution in [2.24, 2.45) is 11.5 Å². The summed E-state index contributed by atoms with van der Waals surface area (Å²) in [4.78, 5) is 91.2. The van der Waals surface area contributed by atoms with Crippen LogP contribution in [0.3, 0.4) is 0 Å². The standard InChI is InChI=1S/C31H48N2O7.C22H32O2.C14H26N2O8.C9H18N2O6.C8H15NO4.C6H13NO5.CH2Cl2.2ClH/c1-3-4-5-6-7-8-9-10-11-12-13-14-15-16-17-18-19-20-21-22-26(35)32-24(2)30(38)33-27-29(37)28(36)25(23-34)40-31(27)39;1-2-3-4-5-6-7-8-9-10-11-12-13-14-15-16-17-18-19-20-21-22(23)24;1-6(15-13(22)24-14(2,3)4)11(20)16-8-10(19)9(18)7(5-17)23-12(8)21;1-3(10)8(15)11-5-7(14)6(13)4(2-12)17-9(5)16;1-5(6(10)11)9-7(12)13-8(2,3)4;7-3-5(10)4(9)2(1-8)12-6(3)11;2-1-3;;/h4-5,7-8,10-11,13-14,16-17,19-20,24-25,27-29,31,34,36-37,39H,3,6,9,12,15,18,21-23H2,1-2H3,(H,32,35)(H,33,38);3-4,6-7,9-10,12-13,15-16,18-19H,2,5,8,11,14,17,20-21H2,1H3,(H,23,24);6-10,12,17-19,21H,5H2,1-4H3,(H,15,22)(H,16,20);3-7,9,12-14,16H,2,10H2,1H3,(H,11,15);5H,1-4H3,(H,9,12)(H,10,11);2-6,8-11H,1,7H2;1H2;2*1H/b5-4-,8-7-,11-10-,14-13-,17-16-,20-19-;4-3-,7-6-,10-9-,13-12-,16-15-,19-18-;;;;;;;/t24-,25?,27?,28+,29-,31+;;6-,7?,8?,9+,10-,12+;3-,4?,5?,6+,7-,9+;5-;2?,3?,4-,5+,6-;;;/m0.0001.../s1. The lowest BCUT2D eigenvalue weighted by molar-refractivity contribution is -0.254. The summed E-state index contributed by atoms with van der Waals surface area (Å²) in [5.74, 6) is -4.11.